The maximum absolute atomic E-state index is 14.4. The minimum atomic E-state index is -3.17. The van der Waals surface area contributed by atoms with Gasteiger partial charge >= 0.3 is 8.25 Å². The number of carbonyl (C=O) groups excluding carboxylic acids is 1. The van der Waals surface area contributed by atoms with E-state index in [0.29, 0.717) is 0 Å². The zero-order chi connectivity index (χ0) is 20.6. The third-order valence-electron chi connectivity index (χ3n) is 4.13. The molecule has 5 atom stereocenters. The molecule has 3 rings (SSSR count). The zero-order valence-corrected chi connectivity index (χ0v) is 15.7. The fourth-order valence-electron chi connectivity index (χ4n) is 2.71. The summed E-state index contributed by atoms with van der Waals surface area (Å²) in [5, 5.41) is 11.7. The average Bonchev–Trinajstić information content (AvgIpc) is 3.16. The van der Waals surface area contributed by atoms with Crippen molar-refractivity contribution in [3.05, 3.63) is 16.7 Å². The minimum Gasteiger partial charge on any atom is -0.394 e. The number of anilines is 1. The number of hydrogen-bond donors (Lipinski definition) is 4. The van der Waals surface area contributed by atoms with Gasteiger partial charge in [-0.05, 0) is 0 Å². The molecule has 1 aliphatic heterocycles. The molecule has 0 saturated carbocycles. The number of carbonyl (C=O) groups is 1. The summed E-state index contributed by atoms with van der Waals surface area (Å²) in [6, 6.07) is 0. The lowest BCUT2D eigenvalue weighted by molar-refractivity contribution is -0.118. The van der Waals surface area contributed by atoms with Crippen LogP contribution >= 0.6 is 8.25 Å². The molecule has 3 heterocycles. The summed E-state index contributed by atoms with van der Waals surface area (Å²) in [6.45, 7) is 2.60. The highest BCUT2D eigenvalue weighted by molar-refractivity contribution is 7.32. The lowest BCUT2D eigenvalue weighted by Gasteiger charge is -2.16. The molecule has 1 unspecified atom stereocenters. The van der Waals surface area contributed by atoms with E-state index in [1.165, 1.54) is 0 Å². The zero-order valence-electron chi connectivity index (χ0n) is 14.8. The van der Waals surface area contributed by atoms with Crippen LogP contribution in [0.25, 0.3) is 11.2 Å². The second-order valence-corrected chi connectivity index (χ2v) is 7.07. The first-order chi connectivity index (χ1) is 13.2. The molecule has 14 heteroatoms. The van der Waals surface area contributed by atoms with E-state index in [1.54, 1.807) is 13.8 Å². The minimum absolute atomic E-state index is 0.0691. The number of aliphatic hydroxyl groups excluding tert-OH is 1. The van der Waals surface area contributed by atoms with Gasteiger partial charge in [0.2, 0.25) is 11.9 Å². The van der Waals surface area contributed by atoms with E-state index in [0.717, 1.165) is 10.9 Å². The van der Waals surface area contributed by atoms with Gasteiger partial charge in [0.05, 0.1) is 12.9 Å². The number of ether oxygens (including phenoxy) is 1. The van der Waals surface area contributed by atoms with Crippen molar-refractivity contribution in [1.29, 1.82) is 0 Å². The van der Waals surface area contributed by atoms with Gasteiger partial charge in [-0.3, -0.25) is 24.5 Å². The van der Waals surface area contributed by atoms with Crippen LogP contribution in [0, 0.1) is 5.92 Å². The molecule has 4 N–H and O–H groups in total. The molecule has 2 aromatic rings. The van der Waals surface area contributed by atoms with Crippen LogP contribution in [0.2, 0.25) is 0 Å². The Morgan fingerprint density at radius 1 is 1.57 bits per heavy atom. The molecule has 12 nitrogen and oxygen atoms in total. The van der Waals surface area contributed by atoms with Crippen LogP contribution in [0.3, 0.4) is 0 Å². The molecule has 1 fully saturated rings. The van der Waals surface area contributed by atoms with Crippen LogP contribution in [0.15, 0.2) is 11.1 Å². The highest BCUT2D eigenvalue weighted by Gasteiger charge is 2.51. The van der Waals surface area contributed by atoms with Crippen molar-refractivity contribution < 1.29 is 33.0 Å². The molecule has 0 spiro atoms. The normalized spacial score (nSPS) is 25.4. The highest BCUT2D eigenvalue weighted by Crippen LogP contribution is 2.39. The molecule has 28 heavy (non-hydrogen) atoms. The monoisotopic (exact) mass is 418 g/mol. The number of alkyl halides is 1. The SMILES string of the molecule is CC(C)C(=O)Nc1nc2c(ncn2[C@@H]2O[C@H](CO)[C@H](F)[C@H]2O[P+](=O)O)c(=O)[nH]1. The third kappa shape index (κ3) is 3.80. The molecule has 0 radical (unpaired) electrons. The smallest absolute Gasteiger partial charge is 0.394 e. The second kappa shape index (κ2) is 7.97. The molecule has 1 amide bonds. The topological polar surface area (TPSA) is 169 Å². The quantitative estimate of drug-likeness (QED) is 0.471. The Labute approximate surface area is 157 Å². The van der Waals surface area contributed by atoms with Gasteiger partial charge in [-0.1, -0.05) is 13.8 Å². The van der Waals surface area contributed by atoms with Gasteiger partial charge in [-0.2, -0.15) is 4.98 Å². The van der Waals surface area contributed by atoms with E-state index in [-0.39, 0.29) is 23.0 Å². The summed E-state index contributed by atoms with van der Waals surface area (Å²) >= 11 is 0. The largest absolute Gasteiger partial charge is 0.695 e. The lowest BCUT2D eigenvalue weighted by atomic mass is 10.1. The van der Waals surface area contributed by atoms with Gasteiger partial charge in [0, 0.05) is 10.5 Å². The molecular formula is C14H18FN5O7P+. The number of H-pyrrole nitrogens is 1. The number of fused-ring (bicyclic) bond motifs is 1. The summed E-state index contributed by atoms with van der Waals surface area (Å²) in [5.74, 6) is -0.925. The Balaban J connectivity index is 2.04. The van der Waals surface area contributed by atoms with Crippen LogP contribution in [0.5, 0.6) is 0 Å². The van der Waals surface area contributed by atoms with E-state index < -0.39 is 50.9 Å². The van der Waals surface area contributed by atoms with Gasteiger partial charge in [0.25, 0.3) is 5.56 Å². The molecule has 152 valence electrons. The summed E-state index contributed by atoms with van der Waals surface area (Å²) in [5.41, 5.74) is -0.858. The summed E-state index contributed by atoms with van der Waals surface area (Å²) < 4.78 is 36.8. The van der Waals surface area contributed by atoms with Crippen molar-refractivity contribution >= 4 is 31.3 Å². The fourth-order valence-corrected chi connectivity index (χ4v) is 3.14. The number of rotatable bonds is 6. The van der Waals surface area contributed by atoms with E-state index in [2.05, 4.69) is 20.3 Å². The predicted molar refractivity (Wildman–Crippen MR) is 92.2 cm³/mol. The number of nitrogens with one attached hydrogen (secondary N) is 2. The number of hydrogen-bond acceptors (Lipinski definition) is 8. The Kier molecular flexibility index (Phi) is 5.82. The average molecular weight is 418 g/mol. The maximum atomic E-state index is 14.4. The van der Waals surface area contributed by atoms with Gasteiger partial charge in [0.15, 0.2) is 29.7 Å². The van der Waals surface area contributed by atoms with Crippen LogP contribution in [0.4, 0.5) is 10.3 Å². The molecule has 1 aliphatic rings. The number of aromatic amines is 1. The molecule has 2 aromatic heterocycles. The van der Waals surface area contributed by atoms with E-state index in [9.17, 15) is 23.7 Å². The Hall–Kier alpha value is -2.31. The number of imidazole rings is 1. The van der Waals surface area contributed by atoms with Crippen LogP contribution in [-0.2, 0) is 18.6 Å². The Morgan fingerprint density at radius 2 is 2.29 bits per heavy atom. The molecule has 0 bridgehead atoms. The first-order valence-corrected chi connectivity index (χ1v) is 9.37. The summed E-state index contributed by atoms with van der Waals surface area (Å²) in [7, 11) is -3.17. The number of aliphatic hydroxyl groups is 1. The van der Waals surface area contributed by atoms with Gasteiger partial charge < -0.3 is 9.84 Å². The Bertz CT molecular complexity index is 963. The van der Waals surface area contributed by atoms with Crippen LogP contribution < -0.4 is 10.9 Å². The highest BCUT2D eigenvalue weighted by atomic mass is 31.1. The number of halogens is 1. The predicted octanol–water partition coefficient (Wildman–Crippen LogP) is -0.0232. The summed E-state index contributed by atoms with van der Waals surface area (Å²) in [6.07, 6.45) is -4.99. The van der Waals surface area contributed by atoms with Crippen molar-refractivity contribution in [3.8, 4) is 0 Å². The first-order valence-electron chi connectivity index (χ1n) is 8.24. The standard InChI is InChI=1S/C14H17FN5O7P/c1-5(2)11(22)18-14-17-10-8(12(23)19-14)16-4-20(10)13-9(27-28(24)25)7(15)6(3-21)26-13/h4-7,9,13,21H,3H2,1-2H3,(H2-,17,18,19,22,23,24,25)/p+1/t6-,7+,9-,13-/m1/s1. The van der Waals surface area contributed by atoms with Crippen molar-refractivity contribution in [3.63, 3.8) is 0 Å². The molecule has 0 aliphatic carbocycles. The van der Waals surface area contributed by atoms with Gasteiger partial charge in [0.1, 0.15) is 6.10 Å². The van der Waals surface area contributed by atoms with E-state index in [4.69, 9.17) is 14.2 Å². The van der Waals surface area contributed by atoms with Crippen LogP contribution in [0.1, 0.15) is 20.1 Å². The van der Waals surface area contributed by atoms with E-state index in [1.807, 2.05) is 0 Å². The van der Waals surface area contributed by atoms with Crippen molar-refractivity contribution in [2.24, 2.45) is 5.92 Å². The number of nitrogens with zero attached hydrogens (tertiary/aromatic N) is 3. The van der Waals surface area contributed by atoms with Crippen LogP contribution in [-0.4, -0.2) is 60.4 Å². The lowest BCUT2D eigenvalue weighted by Crippen LogP contribution is -2.30. The molecule has 0 aromatic carbocycles. The summed E-state index contributed by atoms with van der Waals surface area (Å²) in [4.78, 5) is 43.5. The number of amides is 1. The maximum Gasteiger partial charge on any atom is 0.695 e. The van der Waals surface area contributed by atoms with Gasteiger partial charge in [-0.25, -0.2) is 9.37 Å². The van der Waals surface area contributed by atoms with Crippen molar-refractivity contribution in [2.45, 2.75) is 38.5 Å². The van der Waals surface area contributed by atoms with Gasteiger partial charge in [-0.15, -0.1) is 9.42 Å². The second-order valence-electron chi connectivity index (χ2n) is 6.38. The Morgan fingerprint density at radius 3 is 2.89 bits per heavy atom. The molecular weight excluding hydrogens is 400 g/mol. The number of aromatic nitrogens is 4. The fraction of sp³-hybridized carbons (Fsp3) is 0.571. The first kappa shape index (κ1) is 20.4. The van der Waals surface area contributed by atoms with Crippen molar-refractivity contribution in [1.82, 2.24) is 19.5 Å². The molecule has 1 saturated heterocycles. The van der Waals surface area contributed by atoms with Crippen molar-refractivity contribution in [2.75, 3.05) is 11.9 Å². The third-order valence-corrected chi connectivity index (χ3v) is 4.55. The van der Waals surface area contributed by atoms with E-state index >= 15 is 0 Å².